The van der Waals surface area contributed by atoms with Crippen LogP contribution in [-0.2, 0) is 14.6 Å². The minimum Gasteiger partial charge on any atom is -0.344 e. The lowest BCUT2D eigenvalue weighted by Gasteiger charge is -2.17. The van der Waals surface area contributed by atoms with Crippen LogP contribution >= 0.6 is 12.4 Å². The number of hydrogen-bond donors (Lipinski definition) is 1. The van der Waals surface area contributed by atoms with E-state index in [4.69, 9.17) is 0 Å². The summed E-state index contributed by atoms with van der Waals surface area (Å²) in [4.78, 5) is 13.3. The zero-order valence-electron chi connectivity index (χ0n) is 11.7. The van der Waals surface area contributed by atoms with Crippen molar-refractivity contribution in [3.63, 3.8) is 0 Å². The van der Waals surface area contributed by atoms with E-state index in [2.05, 4.69) is 5.32 Å². The molecule has 0 spiro atoms. The van der Waals surface area contributed by atoms with Gasteiger partial charge in [-0.15, -0.1) is 12.4 Å². The quantitative estimate of drug-likeness (QED) is 0.756. The topological polar surface area (TPSA) is 66.5 Å². The van der Waals surface area contributed by atoms with Gasteiger partial charge in [-0.2, -0.15) is 0 Å². The Hall–Kier alpha value is -0.330. The van der Waals surface area contributed by atoms with Crippen LogP contribution in [0.2, 0.25) is 0 Å². The molecule has 1 rings (SSSR count). The number of nitrogens with one attached hydrogen (secondary N) is 1. The Morgan fingerprint density at radius 2 is 1.89 bits per heavy atom. The molecule has 0 aromatic rings. The molecule has 0 bridgehead atoms. The average Bonchev–Trinajstić information content (AvgIpc) is 2.87. The summed E-state index contributed by atoms with van der Waals surface area (Å²) in [6.07, 6.45) is 3.65. The van der Waals surface area contributed by atoms with Gasteiger partial charge in [0.2, 0.25) is 5.91 Å². The lowest BCUT2D eigenvalue weighted by atomic mass is 10.4. The van der Waals surface area contributed by atoms with E-state index in [9.17, 15) is 13.2 Å². The van der Waals surface area contributed by atoms with E-state index >= 15 is 0 Å². The van der Waals surface area contributed by atoms with Crippen LogP contribution < -0.4 is 5.32 Å². The summed E-state index contributed by atoms with van der Waals surface area (Å²) >= 11 is 0. The molecule has 0 aromatic heterocycles. The van der Waals surface area contributed by atoms with E-state index in [1.54, 1.807) is 11.9 Å². The Morgan fingerprint density at radius 1 is 1.32 bits per heavy atom. The molecule has 1 fully saturated rings. The zero-order chi connectivity index (χ0) is 13.6. The Balaban J connectivity index is 0.00000324. The van der Waals surface area contributed by atoms with Crippen molar-refractivity contribution >= 4 is 28.2 Å². The minimum absolute atomic E-state index is 0. The van der Waals surface area contributed by atoms with E-state index in [1.165, 1.54) is 0 Å². The predicted molar refractivity (Wildman–Crippen MR) is 79.5 cm³/mol. The third-order valence-corrected chi connectivity index (χ3v) is 5.79. The fourth-order valence-corrected chi connectivity index (χ4v) is 4.08. The number of hydrogen-bond acceptors (Lipinski definition) is 4. The van der Waals surface area contributed by atoms with Crippen LogP contribution in [0.1, 0.15) is 32.1 Å². The van der Waals surface area contributed by atoms with E-state index in [0.29, 0.717) is 6.54 Å². The summed E-state index contributed by atoms with van der Waals surface area (Å²) in [7, 11) is 0.460. The molecule has 0 unspecified atom stereocenters. The molecule has 1 saturated carbocycles. The van der Waals surface area contributed by atoms with Gasteiger partial charge in [0, 0.05) is 26.6 Å². The summed E-state index contributed by atoms with van der Waals surface area (Å²) in [5, 5.41) is 2.76. The molecule has 0 radical (unpaired) electrons. The SMILES string of the molecule is CNCCN(C)C(=O)CCS(=O)(=O)C1CCCC1.Cl. The molecule has 0 saturated heterocycles. The Labute approximate surface area is 122 Å². The van der Waals surface area contributed by atoms with Crippen molar-refractivity contribution in [1.82, 2.24) is 10.2 Å². The summed E-state index contributed by atoms with van der Waals surface area (Å²) in [6.45, 7) is 1.33. The number of likely N-dealkylation sites (N-methyl/N-ethyl adjacent to an activating group) is 2. The maximum Gasteiger partial charge on any atom is 0.223 e. The summed E-state index contributed by atoms with van der Waals surface area (Å²) < 4.78 is 24.0. The molecule has 7 heteroatoms. The van der Waals surface area contributed by atoms with E-state index in [1.807, 2.05) is 7.05 Å². The number of amides is 1. The van der Waals surface area contributed by atoms with Gasteiger partial charge in [-0.3, -0.25) is 4.79 Å². The molecule has 0 aliphatic heterocycles. The van der Waals surface area contributed by atoms with Crippen molar-refractivity contribution in [3.05, 3.63) is 0 Å². The van der Waals surface area contributed by atoms with Gasteiger partial charge in [0.1, 0.15) is 0 Å². The maximum absolute atomic E-state index is 12.0. The van der Waals surface area contributed by atoms with Gasteiger partial charge in [0.25, 0.3) is 0 Å². The maximum atomic E-state index is 12.0. The first-order valence-electron chi connectivity index (χ1n) is 6.57. The fourth-order valence-electron chi connectivity index (χ4n) is 2.24. The highest BCUT2D eigenvalue weighted by Gasteiger charge is 2.29. The van der Waals surface area contributed by atoms with Crippen molar-refractivity contribution in [2.24, 2.45) is 0 Å². The molecule has 1 aliphatic carbocycles. The Morgan fingerprint density at radius 3 is 2.42 bits per heavy atom. The third kappa shape index (κ3) is 6.10. The molecule has 0 aromatic carbocycles. The van der Waals surface area contributed by atoms with E-state index in [-0.39, 0.29) is 35.7 Å². The molecule has 1 amide bonds. The second-order valence-electron chi connectivity index (χ2n) is 4.94. The summed E-state index contributed by atoms with van der Waals surface area (Å²) in [5.74, 6) is -0.0905. The number of nitrogens with zero attached hydrogens (tertiary/aromatic N) is 1. The van der Waals surface area contributed by atoms with Crippen molar-refractivity contribution in [2.45, 2.75) is 37.4 Å². The molecule has 19 heavy (non-hydrogen) atoms. The van der Waals surface area contributed by atoms with Crippen LogP contribution in [0.25, 0.3) is 0 Å². The van der Waals surface area contributed by atoms with E-state index < -0.39 is 9.84 Å². The monoisotopic (exact) mass is 312 g/mol. The van der Waals surface area contributed by atoms with Crippen LogP contribution in [0, 0.1) is 0 Å². The summed E-state index contributed by atoms with van der Waals surface area (Å²) in [5.41, 5.74) is 0. The van der Waals surface area contributed by atoms with Gasteiger partial charge < -0.3 is 10.2 Å². The lowest BCUT2D eigenvalue weighted by Crippen LogP contribution is -2.34. The molecule has 0 atom stereocenters. The van der Waals surface area contributed by atoms with Crippen LogP contribution in [0.15, 0.2) is 0 Å². The highest BCUT2D eigenvalue weighted by Crippen LogP contribution is 2.25. The molecular weight excluding hydrogens is 288 g/mol. The van der Waals surface area contributed by atoms with Crippen LogP contribution in [0.5, 0.6) is 0 Å². The Bertz CT molecular complexity index is 367. The van der Waals surface area contributed by atoms with Crippen molar-refractivity contribution in [3.8, 4) is 0 Å². The molecule has 1 N–H and O–H groups in total. The molecule has 1 aliphatic rings. The van der Waals surface area contributed by atoms with Gasteiger partial charge >= 0.3 is 0 Å². The predicted octanol–water partition coefficient (Wildman–Crippen LogP) is 0.833. The molecule has 5 nitrogen and oxygen atoms in total. The van der Waals surface area contributed by atoms with Crippen LogP contribution in [-0.4, -0.2) is 57.4 Å². The van der Waals surface area contributed by atoms with Gasteiger partial charge in [-0.05, 0) is 19.9 Å². The minimum atomic E-state index is -3.07. The van der Waals surface area contributed by atoms with Crippen molar-refractivity contribution in [1.29, 1.82) is 0 Å². The van der Waals surface area contributed by atoms with Gasteiger partial charge in [0.15, 0.2) is 9.84 Å². The first kappa shape index (κ1) is 18.7. The highest BCUT2D eigenvalue weighted by atomic mass is 35.5. The van der Waals surface area contributed by atoms with Crippen molar-refractivity contribution in [2.75, 3.05) is 32.9 Å². The highest BCUT2D eigenvalue weighted by molar-refractivity contribution is 7.92. The number of carbonyl (C=O) groups is 1. The first-order valence-corrected chi connectivity index (χ1v) is 8.29. The number of carbonyl (C=O) groups excluding carboxylic acids is 1. The lowest BCUT2D eigenvalue weighted by molar-refractivity contribution is -0.129. The second kappa shape index (κ2) is 8.76. The van der Waals surface area contributed by atoms with Crippen molar-refractivity contribution < 1.29 is 13.2 Å². The largest absolute Gasteiger partial charge is 0.344 e. The standard InChI is InChI=1S/C12H24N2O3S.ClH/c1-13-8-9-14(2)12(15)7-10-18(16,17)11-5-3-4-6-11;/h11,13H,3-10H2,1-2H3;1H. The normalized spacial score (nSPS) is 16.1. The zero-order valence-corrected chi connectivity index (χ0v) is 13.4. The van der Waals surface area contributed by atoms with Gasteiger partial charge in [-0.25, -0.2) is 8.42 Å². The number of rotatable bonds is 7. The molecule has 114 valence electrons. The van der Waals surface area contributed by atoms with Crippen LogP contribution in [0.3, 0.4) is 0 Å². The second-order valence-corrected chi connectivity index (χ2v) is 7.34. The molecular formula is C12H25ClN2O3S. The Kier molecular flexibility index (Phi) is 8.61. The smallest absolute Gasteiger partial charge is 0.223 e. The third-order valence-electron chi connectivity index (χ3n) is 3.53. The fraction of sp³-hybridized carbons (Fsp3) is 0.917. The van der Waals surface area contributed by atoms with E-state index in [0.717, 1.165) is 32.2 Å². The van der Waals surface area contributed by atoms with Crippen LogP contribution in [0.4, 0.5) is 0 Å². The average molecular weight is 313 g/mol. The van der Waals surface area contributed by atoms with Gasteiger partial charge in [-0.1, -0.05) is 12.8 Å². The van der Waals surface area contributed by atoms with Gasteiger partial charge in [0.05, 0.1) is 11.0 Å². The molecule has 0 heterocycles. The summed E-state index contributed by atoms with van der Waals surface area (Å²) in [6, 6.07) is 0. The number of halogens is 1. The first-order chi connectivity index (χ1) is 8.47. The number of sulfone groups is 1.